The minimum Gasteiger partial charge on any atom is -0.762 e. The Bertz CT molecular complexity index is 255. The molecule has 0 rings (SSSR count). The molecule has 50 valence electrons. The predicted molar refractivity (Wildman–Crippen MR) is 32.0 cm³/mol. The first kappa shape index (κ1) is 8.08. The van der Waals surface area contributed by atoms with E-state index in [-0.39, 0.29) is 5.57 Å². The lowest BCUT2D eigenvalue weighted by molar-refractivity contribution is -0.742. The molecule has 0 aromatic rings. The largest absolute Gasteiger partial charge is 0.762 e. The molecule has 0 amide bonds. The van der Waals surface area contributed by atoms with Crippen LogP contribution in [0.5, 0.6) is 0 Å². The molecule has 0 heterocycles. The maximum Gasteiger partial charge on any atom is 0.283 e. The van der Waals surface area contributed by atoms with Crippen LogP contribution in [-0.2, 0) is 0 Å². The molecular formula is C5H3N3O2. The van der Waals surface area contributed by atoms with Gasteiger partial charge in [0.15, 0.2) is 0 Å². The van der Waals surface area contributed by atoms with Crippen LogP contribution < -0.4 is 0 Å². The van der Waals surface area contributed by atoms with E-state index in [2.05, 4.69) is 0 Å². The monoisotopic (exact) mass is 137 g/mol. The van der Waals surface area contributed by atoms with E-state index in [1.54, 1.807) is 0 Å². The highest BCUT2D eigenvalue weighted by atomic mass is 16.6. The van der Waals surface area contributed by atoms with Gasteiger partial charge in [-0.1, -0.05) is 0 Å². The third-order valence-corrected chi connectivity index (χ3v) is 0.610. The number of nitrogens with zero attached hydrogens (tertiary/aromatic N) is 3. The molecule has 0 spiro atoms. The number of hydrogen-bond donors (Lipinski definition) is 1. The molecule has 0 atom stereocenters. The highest BCUT2D eigenvalue weighted by molar-refractivity contribution is 5.69. The van der Waals surface area contributed by atoms with E-state index in [4.69, 9.17) is 15.9 Å². The van der Waals surface area contributed by atoms with E-state index in [9.17, 15) is 4.91 Å². The maximum atomic E-state index is 9.73. The summed E-state index contributed by atoms with van der Waals surface area (Å²) in [7, 11) is 0. The average molecular weight is 137 g/mol. The number of allylic oxidation sites excluding steroid dienone is 2. The predicted octanol–water partition coefficient (Wildman–Crippen LogP) is 0.357. The van der Waals surface area contributed by atoms with E-state index in [1.165, 1.54) is 11.9 Å². The van der Waals surface area contributed by atoms with E-state index < -0.39 is 4.92 Å². The molecule has 0 aromatic heterocycles. The third kappa shape index (κ3) is 3.13. The molecule has 0 unspecified atom stereocenters. The van der Waals surface area contributed by atoms with Crippen LogP contribution in [0.3, 0.4) is 0 Å². The molecule has 0 aliphatic carbocycles. The molecule has 0 saturated heterocycles. The lowest BCUT2D eigenvalue weighted by Crippen LogP contribution is -1.87. The zero-order valence-electron chi connectivity index (χ0n) is 4.85. The van der Waals surface area contributed by atoms with Crippen LogP contribution in [0.1, 0.15) is 0 Å². The van der Waals surface area contributed by atoms with Crippen molar-refractivity contribution in [3.8, 4) is 6.07 Å². The van der Waals surface area contributed by atoms with Crippen molar-refractivity contribution in [1.82, 2.24) is 0 Å². The highest BCUT2D eigenvalue weighted by Crippen LogP contribution is 1.86. The summed E-state index contributed by atoms with van der Waals surface area (Å²) < 4.78 is 0. The molecule has 0 fully saturated rings. The zero-order valence-corrected chi connectivity index (χ0v) is 4.85. The van der Waals surface area contributed by atoms with Gasteiger partial charge in [0.2, 0.25) is 4.92 Å². The minimum atomic E-state index is -0.491. The van der Waals surface area contributed by atoms with Gasteiger partial charge in [0, 0.05) is 6.08 Å². The van der Waals surface area contributed by atoms with Crippen molar-refractivity contribution in [2.45, 2.75) is 0 Å². The van der Waals surface area contributed by atoms with Gasteiger partial charge in [-0.05, 0) is 0 Å². The number of hydrogen-bond acceptors (Lipinski definition) is 2. The van der Waals surface area contributed by atoms with Crippen molar-refractivity contribution < 1.29 is 10.1 Å². The fourth-order valence-electron chi connectivity index (χ4n) is 0.238. The van der Waals surface area contributed by atoms with Gasteiger partial charge >= 0.3 is 0 Å². The first-order valence-corrected chi connectivity index (χ1v) is 2.21. The van der Waals surface area contributed by atoms with Gasteiger partial charge in [-0.25, -0.2) is 5.21 Å². The summed E-state index contributed by atoms with van der Waals surface area (Å²) in [6.45, 7) is 0. The molecule has 5 heteroatoms. The fourth-order valence-corrected chi connectivity index (χ4v) is 0.238. The van der Waals surface area contributed by atoms with Crippen molar-refractivity contribution in [3.63, 3.8) is 0 Å². The first-order valence-electron chi connectivity index (χ1n) is 2.21. The molecular weight excluding hydrogens is 134 g/mol. The van der Waals surface area contributed by atoms with Gasteiger partial charge in [0.1, 0.15) is 6.07 Å². The summed E-state index contributed by atoms with van der Waals surface area (Å²) in [5.74, 6) is 1.50. The van der Waals surface area contributed by atoms with Crippen LogP contribution in [0.25, 0.3) is 5.41 Å². The molecule has 10 heavy (non-hydrogen) atoms. The Morgan fingerprint density at radius 1 is 1.80 bits per heavy atom. The van der Waals surface area contributed by atoms with E-state index in [0.717, 1.165) is 6.08 Å². The van der Waals surface area contributed by atoms with E-state index in [1.807, 2.05) is 0 Å². The van der Waals surface area contributed by atoms with Crippen molar-refractivity contribution in [1.29, 1.82) is 5.26 Å². The van der Waals surface area contributed by atoms with E-state index >= 15 is 0 Å². The third-order valence-electron chi connectivity index (χ3n) is 0.610. The lowest BCUT2D eigenvalue weighted by atomic mass is 10.3. The first-order chi connectivity index (χ1) is 4.70. The highest BCUT2D eigenvalue weighted by Gasteiger charge is 1.93. The molecule has 0 saturated carbocycles. The van der Waals surface area contributed by atoms with Gasteiger partial charge in [-0.2, -0.15) is 5.26 Å². The van der Waals surface area contributed by atoms with Gasteiger partial charge in [-0.15, -0.1) is 0 Å². The normalized spacial score (nSPS) is 8.30. The van der Waals surface area contributed by atoms with Gasteiger partial charge < -0.3 is 5.41 Å². The Kier molecular flexibility index (Phi) is 3.24. The molecule has 1 N–H and O–H groups in total. The topological polar surface area (TPSA) is 86.4 Å². The van der Waals surface area contributed by atoms with Crippen LogP contribution in [0, 0.1) is 16.2 Å². The molecule has 0 bridgehead atoms. The zero-order chi connectivity index (χ0) is 7.98. The van der Waals surface area contributed by atoms with E-state index in [0.29, 0.717) is 6.20 Å². The number of nitriles is 1. The molecule has 0 aromatic carbocycles. The standard InChI is InChI=1S/C5H3N3O2/c6-3-5(4-7)1-2-8(9)10/h1-2H,(H,9,10)/b2-1+. The molecule has 0 aliphatic heterocycles. The van der Waals surface area contributed by atoms with Crippen LogP contribution in [0.15, 0.2) is 17.8 Å². The van der Waals surface area contributed by atoms with Crippen molar-refractivity contribution >= 4 is 5.87 Å². The lowest BCUT2D eigenvalue weighted by Gasteiger charge is -1.76. The second kappa shape index (κ2) is 4.01. The Hall–Kier alpha value is -1.92. The Morgan fingerprint density at radius 3 is 2.70 bits per heavy atom. The number of rotatable bonds is 2. The second-order valence-electron chi connectivity index (χ2n) is 1.26. The second-order valence-corrected chi connectivity index (χ2v) is 1.26. The summed E-state index contributed by atoms with van der Waals surface area (Å²) in [5, 5.41) is 24.1. The fraction of sp³-hybridized carbons (Fsp3) is 0. The molecule has 0 aliphatic rings. The summed E-state index contributed by atoms with van der Waals surface area (Å²) >= 11 is 0. The molecule has 5 nitrogen and oxygen atoms in total. The van der Waals surface area contributed by atoms with Gasteiger partial charge in [-0.3, -0.25) is 5.87 Å². The summed E-state index contributed by atoms with van der Waals surface area (Å²) in [6, 6.07) is 1.50. The summed E-state index contributed by atoms with van der Waals surface area (Å²) in [6.07, 6.45) is 1.56. The molecule has 0 radical (unpaired) electrons. The van der Waals surface area contributed by atoms with Crippen LogP contribution in [-0.4, -0.2) is 16.0 Å². The average Bonchev–Trinajstić information content (AvgIpc) is 1.90. The van der Waals surface area contributed by atoms with Gasteiger partial charge in [0.05, 0.1) is 10.5 Å². The quantitative estimate of drug-likeness (QED) is 0.258. The Balaban J connectivity index is 4.31. The van der Waals surface area contributed by atoms with Crippen LogP contribution in [0.2, 0.25) is 0 Å². The van der Waals surface area contributed by atoms with Crippen LogP contribution in [0.4, 0.5) is 0 Å². The summed E-state index contributed by atoms with van der Waals surface area (Å²) in [4.78, 5) is 9.24. The maximum absolute atomic E-state index is 9.73. The van der Waals surface area contributed by atoms with Crippen LogP contribution >= 0.6 is 0 Å². The van der Waals surface area contributed by atoms with Gasteiger partial charge in [0.25, 0.3) is 6.20 Å². The van der Waals surface area contributed by atoms with Crippen molar-refractivity contribution in [2.75, 3.05) is 0 Å². The van der Waals surface area contributed by atoms with Crippen molar-refractivity contribution in [2.24, 2.45) is 0 Å². The smallest absolute Gasteiger partial charge is 0.283 e. The minimum absolute atomic E-state index is 0.241. The SMILES string of the molecule is N#CC(=C=[N-])/C=C/[N+](=O)O. The Morgan fingerprint density at radius 2 is 2.40 bits per heavy atom. The Labute approximate surface area is 56.6 Å². The summed E-state index contributed by atoms with van der Waals surface area (Å²) in [5.41, 5.74) is -0.241. The van der Waals surface area contributed by atoms with Crippen molar-refractivity contribution in [3.05, 3.63) is 28.2 Å².